The monoisotopic (exact) mass is 518 g/mol. The van der Waals surface area contributed by atoms with Gasteiger partial charge in [0.25, 0.3) is 5.56 Å². The van der Waals surface area contributed by atoms with Crippen molar-refractivity contribution in [3.8, 4) is 0 Å². The van der Waals surface area contributed by atoms with E-state index in [9.17, 15) is 32.3 Å². The van der Waals surface area contributed by atoms with Crippen LogP contribution in [0, 0.1) is 12.3 Å². The number of ether oxygens (including phenoxy) is 1. The lowest BCUT2D eigenvalue weighted by molar-refractivity contribution is -0.136. The van der Waals surface area contributed by atoms with E-state index in [1.54, 1.807) is 18.7 Å². The molecule has 2 amide bonds. The zero-order valence-corrected chi connectivity index (χ0v) is 21.0. The molecule has 0 aliphatic carbocycles. The Morgan fingerprint density at radius 2 is 1.80 bits per heavy atom. The van der Waals surface area contributed by atoms with E-state index >= 15 is 0 Å². The van der Waals surface area contributed by atoms with Crippen LogP contribution in [0.5, 0.6) is 0 Å². The third-order valence-corrected chi connectivity index (χ3v) is 7.48. The lowest BCUT2D eigenvalue weighted by Gasteiger charge is -2.37. The molecule has 0 spiro atoms. The fourth-order valence-corrected chi connectivity index (χ4v) is 6.00. The van der Waals surface area contributed by atoms with Crippen molar-refractivity contribution >= 4 is 33.6 Å². The molecular weight excluding hydrogens is 489 g/mol. The average molecular weight is 519 g/mol. The summed E-state index contributed by atoms with van der Waals surface area (Å²) < 4.78 is 45.9. The Morgan fingerprint density at radius 1 is 1.17 bits per heavy atom. The maximum absolute atomic E-state index is 13.0. The van der Waals surface area contributed by atoms with Gasteiger partial charge in [-0.15, -0.1) is 11.3 Å². The van der Waals surface area contributed by atoms with E-state index in [0.717, 1.165) is 20.5 Å². The molecule has 2 aromatic rings. The number of carbonyl (C=O) groups is 2. The predicted octanol–water partition coefficient (Wildman–Crippen LogP) is 3.12. The van der Waals surface area contributed by atoms with E-state index < -0.39 is 54.0 Å². The molecule has 1 aliphatic rings. The first-order valence-electron chi connectivity index (χ1n) is 11.1. The number of hydrogen-bond donors (Lipinski definition) is 1. The molecule has 3 rings (SSSR count). The third-order valence-electron chi connectivity index (χ3n) is 6.18. The molecule has 9 nitrogen and oxygen atoms in total. The van der Waals surface area contributed by atoms with Crippen LogP contribution in [0.4, 0.5) is 18.0 Å². The highest BCUT2D eigenvalue weighted by Crippen LogP contribution is 2.38. The van der Waals surface area contributed by atoms with Gasteiger partial charge in [0.15, 0.2) is 0 Å². The quantitative estimate of drug-likeness (QED) is 0.631. The SMILES string of the molecule is CCn1c(=O)c2c(C)c(CN3C(=O)CC(OC(N)=O)C3C(C)(C)C)sc2n(CCC(F)(F)F)c1=O. The van der Waals surface area contributed by atoms with E-state index in [4.69, 9.17) is 10.5 Å². The van der Waals surface area contributed by atoms with E-state index in [1.165, 1.54) is 0 Å². The van der Waals surface area contributed by atoms with Crippen molar-refractivity contribution in [2.75, 3.05) is 0 Å². The van der Waals surface area contributed by atoms with Gasteiger partial charge in [-0.1, -0.05) is 20.8 Å². The van der Waals surface area contributed by atoms with Gasteiger partial charge in [-0.3, -0.25) is 18.7 Å². The number of nitrogens with two attached hydrogens (primary N) is 1. The van der Waals surface area contributed by atoms with E-state index in [-0.39, 0.29) is 35.6 Å². The molecule has 1 fully saturated rings. The summed E-state index contributed by atoms with van der Waals surface area (Å²) in [7, 11) is 0. The molecule has 0 bridgehead atoms. The Balaban J connectivity index is 2.13. The number of halogens is 3. The maximum atomic E-state index is 13.0. The van der Waals surface area contributed by atoms with Crippen LogP contribution in [0.1, 0.15) is 51.0 Å². The first-order valence-corrected chi connectivity index (χ1v) is 12.0. The van der Waals surface area contributed by atoms with Crippen molar-refractivity contribution in [1.82, 2.24) is 14.0 Å². The van der Waals surface area contributed by atoms with Gasteiger partial charge >= 0.3 is 18.0 Å². The van der Waals surface area contributed by atoms with E-state index in [1.807, 2.05) is 20.8 Å². The van der Waals surface area contributed by atoms with Crippen LogP contribution < -0.4 is 17.0 Å². The molecule has 2 aromatic heterocycles. The van der Waals surface area contributed by atoms with Gasteiger partial charge < -0.3 is 15.4 Å². The molecule has 1 saturated heterocycles. The van der Waals surface area contributed by atoms with Gasteiger partial charge in [0.1, 0.15) is 10.9 Å². The van der Waals surface area contributed by atoms with E-state index in [2.05, 4.69) is 0 Å². The Labute approximate surface area is 203 Å². The Bertz CT molecular complexity index is 1270. The highest BCUT2D eigenvalue weighted by molar-refractivity contribution is 7.18. The van der Waals surface area contributed by atoms with Crippen molar-refractivity contribution in [1.29, 1.82) is 0 Å². The fraction of sp³-hybridized carbons (Fsp3) is 0.636. The number of thiophene rings is 1. The zero-order valence-electron chi connectivity index (χ0n) is 20.2. The Morgan fingerprint density at radius 3 is 2.31 bits per heavy atom. The Hall–Kier alpha value is -2.83. The molecule has 3 heterocycles. The van der Waals surface area contributed by atoms with Gasteiger partial charge in [-0.2, -0.15) is 13.2 Å². The van der Waals surface area contributed by atoms with Crippen LogP contribution >= 0.6 is 11.3 Å². The minimum absolute atomic E-state index is 0.00703. The largest absolute Gasteiger partial charge is 0.444 e. The summed E-state index contributed by atoms with van der Waals surface area (Å²) in [6.07, 6.45) is -7.53. The minimum atomic E-state index is -4.48. The molecule has 0 aromatic carbocycles. The third kappa shape index (κ3) is 5.24. The standard InChI is InChI=1S/C22H29F3N4O5S/c1-6-27-17(31)15-11(2)13(35-18(15)28(20(27)33)8-7-22(23,24)25)10-29-14(30)9-12(34-19(26)32)16(29)21(3,4)5/h12,16H,6-10H2,1-5H3,(H2,26,32). The molecule has 0 saturated carbocycles. The van der Waals surface area contributed by atoms with Crippen molar-refractivity contribution in [2.24, 2.45) is 11.1 Å². The summed E-state index contributed by atoms with van der Waals surface area (Å²) in [5.41, 5.74) is 3.81. The number of likely N-dealkylation sites (tertiary alicyclic amines) is 1. The number of amides is 2. The molecule has 194 valence electrons. The van der Waals surface area contributed by atoms with Gasteiger partial charge in [0.05, 0.1) is 30.8 Å². The zero-order chi connectivity index (χ0) is 26.5. The normalized spacial score (nSPS) is 19.1. The van der Waals surface area contributed by atoms with E-state index in [0.29, 0.717) is 10.4 Å². The van der Waals surface area contributed by atoms with Crippen molar-refractivity contribution in [3.05, 3.63) is 31.3 Å². The average Bonchev–Trinajstić information content (AvgIpc) is 3.17. The van der Waals surface area contributed by atoms with Gasteiger partial charge in [-0.05, 0) is 24.8 Å². The number of nitrogens with zero attached hydrogens (tertiary/aromatic N) is 3. The van der Waals surface area contributed by atoms with Gasteiger partial charge in [0.2, 0.25) is 5.91 Å². The number of aryl methyl sites for hydroxylation is 2. The molecule has 0 radical (unpaired) electrons. The van der Waals surface area contributed by atoms with Crippen molar-refractivity contribution < 1.29 is 27.5 Å². The first kappa shape index (κ1) is 26.8. The van der Waals surface area contributed by atoms with Crippen LogP contribution in [0.15, 0.2) is 9.59 Å². The van der Waals surface area contributed by atoms with Crippen LogP contribution in [-0.4, -0.2) is 44.4 Å². The molecule has 2 N–H and O–H groups in total. The molecule has 2 unspecified atom stereocenters. The maximum Gasteiger partial charge on any atom is 0.404 e. The number of primary amides is 1. The van der Waals surface area contributed by atoms with Crippen LogP contribution in [-0.2, 0) is 29.2 Å². The topological polar surface area (TPSA) is 117 Å². The first-order chi connectivity index (χ1) is 16.1. The number of rotatable bonds is 6. The number of alkyl halides is 3. The minimum Gasteiger partial charge on any atom is -0.444 e. The number of aromatic nitrogens is 2. The van der Waals surface area contributed by atoms with Crippen LogP contribution in [0.2, 0.25) is 0 Å². The molecular formula is C22H29F3N4O5S. The molecule has 1 aliphatic heterocycles. The molecule has 2 atom stereocenters. The lowest BCUT2D eigenvalue weighted by Crippen LogP contribution is -2.47. The number of fused-ring (bicyclic) bond motifs is 1. The summed E-state index contributed by atoms with van der Waals surface area (Å²) in [6, 6.07) is -0.521. The second-order valence-corrected chi connectivity index (χ2v) is 10.8. The smallest absolute Gasteiger partial charge is 0.404 e. The summed E-state index contributed by atoms with van der Waals surface area (Å²) in [5, 5.41) is 0.164. The Kier molecular flexibility index (Phi) is 7.13. The highest BCUT2D eigenvalue weighted by Gasteiger charge is 2.48. The highest BCUT2D eigenvalue weighted by atomic mass is 32.1. The lowest BCUT2D eigenvalue weighted by atomic mass is 9.83. The summed E-state index contributed by atoms with van der Waals surface area (Å²) in [4.78, 5) is 52.4. The predicted molar refractivity (Wildman–Crippen MR) is 124 cm³/mol. The second-order valence-electron chi connectivity index (χ2n) is 9.69. The van der Waals surface area contributed by atoms with Gasteiger partial charge in [-0.25, -0.2) is 9.59 Å². The van der Waals surface area contributed by atoms with Crippen LogP contribution in [0.3, 0.4) is 0 Å². The summed E-state index contributed by atoms with van der Waals surface area (Å²) >= 11 is 1.02. The van der Waals surface area contributed by atoms with Gasteiger partial charge in [0, 0.05) is 18.0 Å². The molecule has 35 heavy (non-hydrogen) atoms. The number of carbonyl (C=O) groups excluding carboxylic acids is 2. The summed E-state index contributed by atoms with van der Waals surface area (Å²) in [6.45, 7) is 8.30. The fourth-order valence-electron chi connectivity index (χ4n) is 4.68. The van der Waals surface area contributed by atoms with Crippen molar-refractivity contribution in [3.63, 3.8) is 0 Å². The number of hydrogen-bond acceptors (Lipinski definition) is 6. The molecule has 13 heteroatoms. The summed E-state index contributed by atoms with van der Waals surface area (Å²) in [5.74, 6) is -0.284. The van der Waals surface area contributed by atoms with Crippen LogP contribution in [0.25, 0.3) is 10.2 Å². The second kappa shape index (κ2) is 9.32. The van der Waals surface area contributed by atoms with Crippen molar-refractivity contribution in [2.45, 2.75) is 85.4 Å².